The van der Waals surface area contributed by atoms with Crippen molar-refractivity contribution < 1.29 is 9.18 Å². The van der Waals surface area contributed by atoms with Gasteiger partial charge < -0.3 is 4.90 Å². The highest BCUT2D eigenvalue weighted by molar-refractivity contribution is 5.76. The highest BCUT2D eigenvalue weighted by Crippen LogP contribution is 2.27. The molecule has 3 aromatic rings. The number of tetrazole rings is 1. The lowest BCUT2D eigenvalue weighted by atomic mass is 9.99. The van der Waals surface area contributed by atoms with Crippen LogP contribution in [0, 0.1) is 5.82 Å². The van der Waals surface area contributed by atoms with Crippen LogP contribution in [0.4, 0.5) is 4.39 Å². The lowest BCUT2D eigenvalue weighted by molar-refractivity contribution is -0.131. The number of rotatable bonds is 5. The van der Waals surface area contributed by atoms with E-state index >= 15 is 0 Å². The Balaban J connectivity index is 1.19. The second-order valence-electron chi connectivity index (χ2n) is 8.36. The van der Waals surface area contributed by atoms with Crippen LogP contribution in [-0.4, -0.2) is 55.5 Å². The molecule has 0 spiro atoms. The maximum atomic E-state index is 13.2. The number of fused-ring (bicyclic) bond motifs is 1. The van der Waals surface area contributed by atoms with E-state index in [0.29, 0.717) is 25.5 Å². The Bertz CT molecular complexity index is 1070. The molecule has 1 aromatic heterocycles. The first-order chi connectivity index (χ1) is 15.2. The van der Waals surface area contributed by atoms with Crippen molar-refractivity contribution in [2.24, 2.45) is 0 Å². The van der Waals surface area contributed by atoms with Gasteiger partial charge >= 0.3 is 0 Å². The molecular formula is C23H25FN6O. The molecule has 1 fully saturated rings. The summed E-state index contributed by atoms with van der Waals surface area (Å²) in [6, 6.07) is 15.1. The Labute approximate surface area is 180 Å². The van der Waals surface area contributed by atoms with Crippen molar-refractivity contribution in [2.45, 2.75) is 38.4 Å². The Hall–Kier alpha value is -3.13. The zero-order valence-corrected chi connectivity index (χ0v) is 17.3. The molecular weight excluding hydrogens is 395 g/mol. The number of nitrogens with zero attached hydrogens (tertiary/aromatic N) is 6. The fourth-order valence-electron chi connectivity index (χ4n) is 4.57. The van der Waals surface area contributed by atoms with E-state index in [1.807, 2.05) is 17.0 Å². The third-order valence-corrected chi connectivity index (χ3v) is 6.35. The van der Waals surface area contributed by atoms with Gasteiger partial charge in [-0.1, -0.05) is 36.4 Å². The average Bonchev–Trinajstić information content (AvgIpc) is 3.44. The van der Waals surface area contributed by atoms with E-state index in [1.165, 1.54) is 23.3 Å². The number of hydrogen-bond acceptors (Lipinski definition) is 5. The van der Waals surface area contributed by atoms with Crippen LogP contribution in [0.2, 0.25) is 0 Å². The van der Waals surface area contributed by atoms with Gasteiger partial charge in [0.25, 0.3) is 0 Å². The zero-order chi connectivity index (χ0) is 21.2. The number of amides is 1. The molecule has 0 aliphatic carbocycles. The molecule has 0 saturated carbocycles. The zero-order valence-electron chi connectivity index (χ0n) is 17.3. The first kappa shape index (κ1) is 19.8. The van der Waals surface area contributed by atoms with Gasteiger partial charge in [0.05, 0.1) is 6.54 Å². The number of carbonyl (C=O) groups excluding carboxylic acids is 1. The Morgan fingerprint density at radius 2 is 1.87 bits per heavy atom. The molecule has 5 rings (SSSR count). The summed E-state index contributed by atoms with van der Waals surface area (Å²) in [5.41, 5.74) is 3.82. The van der Waals surface area contributed by atoms with Crippen molar-refractivity contribution in [1.29, 1.82) is 0 Å². The van der Waals surface area contributed by atoms with E-state index in [9.17, 15) is 9.18 Å². The molecule has 2 aliphatic rings. The molecule has 1 atom stereocenters. The van der Waals surface area contributed by atoms with E-state index in [-0.39, 0.29) is 24.2 Å². The molecule has 3 heterocycles. The Morgan fingerprint density at radius 1 is 1.06 bits per heavy atom. The number of benzene rings is 2. The largest absolute Gasteiger partial charge is 0.340 e. The van der Waals surface area contributed by atoms with E-state index in [0.717, 1.165) is 31.5 Å². The lowest BCUT2D eigenvalue weighted by Crippen LogP contribution is -2.34. The number of aromatic nitrogens is 4. The normalized spacial score (nSPS) is 18.9. The van der Waals surface area contributed by atoms with Crippen molar-refractivity contribution in [1.82, 2.24) is 30.0 Å². The standard InChI is InChI=1S/C23H25FN6O/c24-21-7-5-18(6-8-21)20-10-12-29(14-20)23(31)16-30-22(25-26-27-30)15-28-11-9-17-3-1-2-4-19(17)13-28/h1-8,20H,9-16H2. The molecule has 1 amide bonds. The highest BCUT2D eigenvalue weighted by atomic mass is 19.1. The van der Waals surface area contributed by atoms with Crippen LogP contribution in [0.1, 0.15) is 34.9 Å². The summed E-state index contributed by atoms with van der Waals surface area (Å²) < 4.78 is 14.8. The van der Waals surface area contributed by atoms with Gasteiger partial charge in [-0.25, -0.2) is 9.07 Å². The van der Waals surface area contributed by atoms with Crippen LogP contribution in [0.25, 0.3) is 0 Å². The number of halogens is 1. The molecule has 2 aliphatic heterocycles. The van der Waals surface area contributed by atoms with E-state index in [1.54, 1.807) is 4.68 Å². The van der Waals surface area contributed by atoms with Crippen LogP contribution in [0.5, 0.6) is 0 Å². The SMILES string of the molecule is O=C(Cn1nnnc1CN1CCc2ccccc2C1)N1CCC(c2ccc(F)cc2)C1. The average molecular weight is 420 g/mol. The summed E-state index contributed by atoms with van der Waals surface area (Å²) in [6.07, 6.45) is 1.89. The molecule has 2 aromatic carbocycles. The summed E-state index contributed by atoms with van der Waals surface area (Å²) in [7, 11) is 0. The van der Waals surface area contributed by atoms with Crippen molar-refractivity contribution >= 4 is 5.91 Å². The van der Waals surface area contributed by atoms with Crippen molar-refractivity contribution in [3.05, 3.63) is 76.9 Å². The molecule has 0 bridgehead atoms. The summed E-state index contributed by atoms with van der Waals surface area (Å²) in [4.78, 5) is 17.1. The fourth-order valence-corrected chi connectivity index (χ4v) is 4.57. The van der Waals surface area contributed by atoms with Gasteiger partial charge in [-0.05, 0) is 52.1 Å². The maximum Gasteiger partial charge on any atom is 0.244 e. The second-order valence-corrected chi connectivity index (χ2v) is 8.36. The third-order valence-electron chi connectivity index (χ3n) is 6.35. The molecule has 1 unspecified atom stereocenters. The third kappa shape index (κ3) is 4.34. The van der Waals surface area contributed by atoms with Crippen molar-refractivity contribution in [3.8, 4) is 0 Å². The summed E-state index contributed by atoms with van der Waals surface area (Å²) >= 11 is 0. The summed E-state index contributed by atoms with van der Waals surface area (Å²) in [5, 5.41) is 12.0. The minimum absolute atomic E-state index is 0.0159. The van der Waals surface area contributed by atoms with Gasteiger partial charge in [-0.3, -0.25) is 9.69 Å². The summed E-state index contributed by atoms with van der Waals surface area (Å²) in [5.74, 6) is 0.730. The molecule has 8 heteroatoms. The van der Waals surface area contributed by atoms with Gasteiger partial charge in [-0.2, -0.15) is 0 Å². The molecule has 7 nitrogen and oxygen atoms in total. The molecule has 1 saturated heterocycles. The van der Waals surface area contributed by atoms with Crippen molar-refractivity contribution in [3.63, 3.8) is 0 Å². The maximum absolute atomic E-state index is 13.2. The summed E-state index contributed by atoms with van der Waals surface area (Å²) in [6.45, 7) is 3.91. The predicted octanol–water partition coefficient (Wildman–Crippen LogP) is 2.39. The van der Waals surface area contributed by atoms with E-state index in [2.05, 4.69) is 44.7 Å². The van der Waals surface area contributed by atoms with Gasteiger partial charge in [0.1, 0.15) is 12.4 Å². The van der Waals surface area contributed by atoms with Gasteiger partial charge in [-0.15, -0.1) is 5.10 Å². The first-order valence-electron chi connectivity index (χ1n) is 10.7. The molecule has 31 heavy (non-hydrogen) atoms. The van der Waals surface area contributed by atoms with Crippen LogP contribution < -0.4 is 0 Å². The predicted molar refractivity (Wildman–Crippen MR) is 112 cm³/mol. The lowest BCUT2D eigenvalue weighted by Gasteiger charge is -2.28. The number of likely N-dealkylation sites (tertiary alicyclic amines) is 1. The van der Waals surface area contributed by atoms with Crippen LogP contribution >= 0.6 is 0 Å². The van der Waals surface area contributed by atoms with Gasteiger partial charge in [0, 0.05) is 32.1 Å². The number of carbonyl (C=O) groups is 1. The Kier molecular flexibility index (Phi) is 5.46. The monoisotopic (exact) mass is 420 g/mol. The van der Waals surface area contributed by atoms with Crippen molar-refractivity contribution in [2.75, 3.05) is 19.6 Å². The Morgan fingerprint density at radius 3 is 2.71 bits per heavy atom. The minimum atomic E-state index is -0.238. The van der Waals surface area contributed by atoms with Gasteiger partial charge in [0.15, 0.2) is 5.82 Å². The molecule has 160 valence electrons. The smallest absolute Gasteiger partial charge is 0.244 e. The van der Waals surface area contributed by atoms with E-state index in [4.69, 9.17) is 0 Å². The first-order valence-corrected chi connectivity index (χ1v) is 10.7. The molecule has 0 radical (unpaired) electrons. The van der Waals surface area contributed by atoms with Gasteiger partial charge in [0.2, 0.25) is 5.91 Å². The van der Waals surface area contributed by atoms with E-state index < -0.39 is 0 Å². The topological polar surface area (TPSA) is 67.2 Å². The number of hydrogen-bond donors (Lipinski definition) is 0. The second kappa shape index (κ2) is 8.55. The van der Waals surface area contributed by atoms with Crippen LogP contribution in [0.15, 0.2) is 48.5 Å². The fraction of sp³-hybridized carbons (Fsp3) is 0.391. The van der Waals surface area contributed by atoms with Crippen LogP contribution in [0.3, 0.4) is 0 Å². The minimum Gasteiger partial charge on any atom is -0.340 e. The van der Waals surface area contributed by atoms with Crippen LogP contribution in [-0.2, 0) is 30.8 Å². The quantitative estimate of drug-likeness (QED) is 0.634. The molecule has 0 N–H and O–H groups in total. The highest BCUT2D eigenvalue weighted by Gasteiger charge is 2.28.